The van der Waals surface area contributed by atoms with Gasteiger partial charge in [0.25, 0.3) is 0 Å². The van der Waals surface area contributed by atoms with Crippen molar-refractivity contribution in [3.05, 3.63) is 35.9 Å². The van der Waals surface area contributed by atoms with Gasteiger partial charge < -0.3 is 14.4 Å². The normalized spacial score (nSPS) is 20.8. The molecule has 0 aliphatic carbocycles. The Morgan fingerprint density at radius 2 is 1.79 bits per heavy atom. The molecule has 1 aromatic carbocycles. The molecule has 3 amide bonds. The van der Waals surface area contributed by atoms with E-state index in [9.17, 15) is 14.4 Å². The Hall–Kier alpha value is -2.57. The van der Waals surface area contributed by atoms with Crippen LogP contribution in [0.15, 0.2) is 30.3 Å². The van der Waals surface area contributed by atoms with Gasteiger partial charge in [0.15, 0.2) is 0 Å². The van der Waals surface area contributed by atoms with Gasteiger partial charge in [0.05, 0.1) is 0 Å². The summed E-state index contributed by atoms with van der Waals surface area (Å²) in [5, 5.41) is 0. The number of piperidine rings is 1. The summed E-state index contributed by atoms with van der Waals surface area (Å²) in [6, 6.07) is 9.08. The minimum Gasteiger partial charge on any atom is -0.446 e. The van der Waals surface area contributed by atoms with Crippen molar-refractivity contribution in [1.82, 2.24) is 9.80 Å². The lowest BCUT2D eigenvalue weighted by Crippen LogP contribution is -2.43. The molecule has 3 rings (SSSR count). The molecule has 2 saturated heterocycles. The van der Waals surface area contributed by atoms with Crippen LogP contribution in [0.25, 0.3) is 0 Å². The number of likely N-dealkylation sites (tertiary alicyclic amines) is 1. The first-order valence-electron chi connectivity index (χ1n) is 9.76. The number of carbonyl (C=O) groups is 3. The monoisotopic (exact) mass is 388 g/mol. The molecule has 0 spiro atoms. The zero-order valence-electron chi connectivity index (χ0n) is 16.7. The molecular formula is C21H28N2O5. The molecular weight excluding hydrogens is 360 g/mol. The molecule has 7 nitrogen and oxygen atoms in total. The van der Waals surface area contributed by atoms with E-state index in [-0.39, 0.29) is 37.0 Å². The van der Waals surface area contributed by atoms with Gasteiger partial charge in [-0.15, -0.1) is 0 Å². The maximum Gasteiger partial charge on any atom is 0.417 e. The summed E-state index contributed by atoms with van der Waals surface area (Å²) in [4.78, 5) is 40.1. The molecule has 1 aromatic rings. The van der Waals surface area contributed by atoms with Crippen LogP contribution in [0, 0.1) is 5.92 Å². The van der Waals surface area contributed by atoms with Gasteiger partial charge in [-0.3, -0.25) is 4.79 Å². The van der Waals surface area contributed by atoms with Crippen molar-refractivity contribution in [2.45, 2.75) is 51.7 Å². The number of ether oxygens (including phenoxy) is 2. The van der Waals surface area contributed by atoms with E-state index in [0.717, 1.165) is 5.56 Å². The lowest BCUT2D eigenvalue weighted by Gasteiger charge is -2.33. The summed E-state index contributed by atoms with van der Waals surface area (Å²) in [7, 11) is 0. The highest BCUT2D eigenvalue weighted by Gasteiger charge is 2.39. The second kappa shape index (κ2) is 8.20. The lowest BCUT2D eigenvalue weighted by molar-refractivity contribution is -0.130. The summed E-state index contributed by atoms with van der Waals surface area (Å²) in [6.07, 6.45) is 0.809. The predicted molar refractivity (Wildman–Crippen MR) is 103 cm³/mol. The molecule has 28 heavy (non-hydrogen) atoms. The predicted octanol–water partition coefficient (Wildman–Crippen LogP) is 3.74. The molecule has 2 heterocycles. The first kappa shape index (κ1) is 20.2. The van der Waals surface area contributed by atoms with Crippen molar-refractivity contribution in [3.8, 4) is 0 Å². The SMILES string of the molecule is CC(C)(C)OC(=O)N1CCC(CC(=O)N2C(=O)OCC2c2ccccc2)CC1. The van der Waals surface area contributed by atoms with E-state index in [2.05, 4.69) is 0 Å². The van der Waals surface area contributed by atoms with E-state index >= 15 is 0 Å². The molecule has 0 bridgehead atoms. The number of hydrogen-bond acceptors (Lipinski definition) is 5. The summed E-state index contributed by atoms with van der Waals surface area (Å²) in [6.45, 7) is 6.82. The zero-order chi connectivity index (χ0) is 20.3. The number of nitrogens with zero attached hydrogens (tertiary/aromatic N) is 2. The number of cyclic esters (lactones) is 1. The number of hydrogen-bond donors (Lipinski definition) is 0. The maximum atomic E-state index is 12.8. The lowest BCUT2D eigenvalue weighted by atomic mass is 9.93. The van der Waals surface area contributed by atoms with Gasteiger partial charge in [0.1, 0.15) is 18.2 Å². The van der Waals surface area contributed by atoms with Crippen molar-refractivity contribution in [2.75, 3.05) is 19.7 Å². The van der Waals surface area contributed by atoms with Gasteiger partial charge in [-0.25, -0.2) is 14.5 Å². The molecule has 0 aromatic heterocycles. The van der Waals surface area contributed by atoms with Crippen LogP contribution in [-0.2, 0) is 14.3 Å². The van der Waals surface area contributed by atoms with Gasteiger partial charge in [0, 0.05) is 19.5 Å². The van der Waals surface area contributed by atoms with E-state index < -0.39 is 11.7 Å². The molecule has 0 saturated carbocycles. The largest absolute Gasteiger partial charge is 0.446 e. The Morgan fingerprint density at radius 3 is 2.39 bits per heavy atom. The second-order valence-corrected chi connectivity index (χ2v) is 8.38. The number of amides is 3. The Balaban J connectivity index is 1.55. The van der Waals surface area contributed by atoms with Gasteiger partial charge in [-0.2, -0.15) is 0 Å². The van der Waals surface area contributed by atoms with Crippen molar-refractivity contribution in [1.29, 1.82) is 0 Å². The van der Waals surface area contributed by atoms with Crippen LogP contribution in [0.5, 0.6) is 0 Å². The van der Waals surface area contributed by atoms with Crippen LogP contribution in [0.4, 0.5) is 9.59 Å². The number of carbonyl (C=O) groups excluding carboxylic acids is 3. The second-order valence-electron chi connectivity index (χ2n) is 8.38. The van der Waals surface area contributed by atoms with Crippen LogP contribution in [0.3, 0.4) is 0 Å². The highest BCUT2D eigenvalue weighted by Crippen LogP contribution is 2.30. The van der Waals surface area contributed by atoms with Crippen LogP contribution < -0.4 is 0 Å². The fourth-order valence-corrected chi connectivity index (χ4v) is 3.61. The summed E-state index contributed by atoms with van der Waals surface area (Å²) in [5.74, 6) is -0.0805. The highest BCUT2D eigenvalue weighted by molar-refractivity contribution is 5.93. The standard InChI is InChI=1S/C21H28N2O5/c1-21(2,3)28-19(25)22-11-9-15(10-12-22)13-18(24)23-17(14-27-20(23)26)16-7-5-4-6-8-16/h4-8,15,17H,9-14H2,1-3H3. The van der Waals surface area contributed by atoms with Crippen LogP contribution in [0.2, 0.25) is 0 Å². The summed E-state index contributed by atoms with van der Waals surface area (Å²) < 4.78 is 10.5. The first-order chi connectivity index (χ1) is 13.2. The Labute approximate surface area is 165 Å². The topological polar surface area (TPSA) is 76.2 Å². The molecule has 7 heteroatoms. The number of rotatable bonds is 3. The molecule has 2 aliphatic heterocycles. The van der Waals surface area contributed by atoms with E-state index in [0.29, 0.717) is 25.9 Å². The molecule has 0 N–H and O–H groups in total. The highest BCUT2D eigenvalue weighted by atomic mass is 16.6. The third-order valence-electron chi connectivity index (χ3n) is 5.06. The summed E-state index contributed by atoms with van der Waals surface area (Å²) >= 11 is 0. The van der Waals surface area contributed by atoms with E-state index in [1.165, 1.54) is 4.90 Å². The quantitative estimate of drug-likeness (QED) is 0.788. The fraction of sp³-hybridized carbons (Fsp3) is 0.571. The molecule has 2 fully saturated rings. The molecule has 0 radical (unpaired) electrons. The van der Waals surface area contributed by atoms with Crippen molar-refractivity contribution < 1.29 is 23.9 Å². The van der Waals surface area contributed by atoms with E-state index in [4.69, 9.17) is 9.47 Å². The van der Waals surface area contributed by atoms with E-state index in [1.807, 2.05) is 51.1 Å². The zero-order valence-corrected chi connectivity index (χ0v) is 16.7. The fourth-order valence-electron chi connectivity index (χ4n) is 3.61. The Kier molecular flexibility index (Phi) is 5.91. The van der Waals surface area contributed by atoms with Gasteiger partial charge in [0.2, 0.25) is 5.91 Å². The third kappa shape index (κ3) is 4.82. The summed E-state index contributed by atoms with van der Waals surface area (Å²) in [5.41, 5.74) is 0.369. The average molecular weight is 388 g/mol. The van der Waals surface area contributed by atoms with Gasteiger partial charge >= 0.3 is 12.2 Å². The van der Waals surface area contributed by atoms with Gasteiger partial charge in [-0.05, 0) is 45.1 Å². The van der Waals surface area contributed by atoms with Crippen molar-refractivity contribution in [2.24, 2.45) is 5.92 Å². The average Bonchev–Trinajstić information content (AvgIpc) is 3.03. The van der Waals surface area contributed by atoms with Crippen molar-refractivity contribution >= 4 is 18.1 Å². The molecule has 1 unspecified atom stereocenters. The number of imide groups is 1. The number of benzene rings is 1. The van der Waals surface area contributed by atoms with Crippen LogP contribution >= 0.6 is 0 Å². The molecule has 2 aliphatic rings. The molecule has 152 valence electrons. The third-order valence-corrected chi connectivity index (χ3v) is 5.06. The maximum absolute atomic E-state index is 12.8. The Bertz CT molecular complexity index is 720. The van der Waals surface area contributed by atoms with Crippen molar-refractivity contribution in [3.63, 3.8) is 0 Å². The minimum absolute atomic E-state index is 0.135. The van der Waals surface area contributed by atoms with Crippen LogP contribution in [-0.4, -0.2) is 53.2 Å². The van der Waals surface area contributed by atoms with E-state index in [1.54, 1.807) is 4.90 Å². The molecule has 1 atom stereocenters. The smallest absolute Gasteiger partial charge is 0.417 e. The first-order valence-corrected chi connectivity index (χ1v) is 9.76. The Morgan fingerprint density at radius 1 is 1.14 bits per heavy atom. The minimum atomic E-state index is -0.579. The van der Waals surface area contributed by atoms with Gasteiger partial charge in [-0.1, -0.05) is 30.3 Å². The van der Waals surface area contributed by atoms with Crippen LogP contribution in [0.1, 0.15) is 51.6 Å².